The van der Waals surface area contributed by atoms with Crippen molar-refractivity contribution in [1.82, 2.24) is 5.43 Å². The quantitative estimate of drug-likeness (QED) is 0.162. The molecule has 7 nitrogen and oxygen atoms in total. The molecular formula is C23H19IN2O5. The Balaban J connectivity index is 1.59. The lowest BCUT2D eigenvalue weighted by molar-refractivity contribution is 0.0733. The van der Waals surface area contributed by atoms with Crippen molar-refractivity contribution in [3.8, 4) is 17.2 Å². The molecule has 31 heavy (non-hydrogen) atoms. The van der Waals surface area contributed by atoms with Gasteiger partial charge >= 0.3 is 5.97 Å². The van der Waals surface area contributed by atoms with Crippen LogP contribution in [0, 0.1) is 3.57 Å². The molecule has 0 atom stereocenters. The standard InChI is InChI=1S/C23H19IN2O5/c1-29-20-12-9-16(13-21(20)30-2)22(27)26-25-14-15-7-10-17(11-8-15)31-23(28)18-5-3-4-6-19(18)24/h3-14H,1-2H3,(H,26,27)/b25-14-. The van der Waals surface area contributed by atoms with E-state index in [1.165, 1.54) is 20.4 Å². The molecule has 0 radical (unpaired) electrons. The lowest BCUT2D eigenvalue weighted by Gasteiger charge is -2.08. The van der Waals surface area contributed by atoms with E-state index in [9.17, 15) is 9.59 Å². The number of ether oxygens (including phenoxy) is 3. The molecule has 0 aliphatic heterocycles. The molecule has 3 aromatic carbocycles. The highest BCUT2D eigenvalue weighted by Gasteiger charge is 2.12. The van der Waals surface area contributed by atoms with Crippen molar-refractivity contribution < 1.29 is 23.8 Å². The average molecular weight is 530 g/mol. The number of nitrogens with zero attached hydrogens (tertiary/aromatic N) is 1. The molecule has 3 aromatic rings. The summed E-state index contributed by atoms with van der Waals surface area (Å²) in [5, 5.41) is 3.96. The van der Waals surface area contributed by atoms with Gasteiger partial charge < -0.3 is 14.2 Å². The minimum absolute atomic E-state index is 0.382. The van der Waals surface area contributed by atoms with E-state index in [4.69, 9.17) is 14.2 Å². The number of hydrogen-bond donors (Lipinski definition) is 1. The van der Waals surface area contributed by atoms with E-state index in [0.29, 0.717) is 28.4 Å². The third kappa shape index (κ3) is 5.82. The number of carbonyl (C=O) groups is 2. The molecule has 158 valence electrons. The molecule has 0 bridgehead atoms. The van der Waals surface area contributed by atoms with Crippen molar-refractivity contribution in [2.75, 3.05) is 14.2 Å². The maximum Gasteiger partial charge on any atom is 0.344 e. The number of halogens is 1. The van der Waals surface area contributed by atoms with Crippen molar-refractivity contribution >= 4 is 40.7 Å². The van der Waals surface area contributed by atoms with E-state index in [2.05, 4.69) is 33.1 Å². The van der Waals surface area contributed by atoms with Crippen LogP contribution in [0.3, 0.4) is 0 Å². The number of hydrogen-bond acceptors (Lipinski definition) is 6. The smallest absolute Gasteiger partial charge is 0.344 e. The van der Waals surface area contributed by atoms with Gasteiger partial charge in [0.15, 0.2) is 11.5 Å². The first-order valence-corrected chi connectivity index (χ1v) is 10.2. The van der Waals surface area contributed by atoms with Crippen molar-refractivity contribution in [3.05, 3.63) is 87.0 Å². The second kappa shape index (κ2) is 10.6. The summed E-state index contributed by atoms with van der Waals surface area (Å²) in [6, 6.07) is 18.8. The number of amides is 1. The highest BCUT2D eigenvalue weighted by molar-refractivity contribution is 14.1. The molecule has 8 heteroatoms. The first-order chi connectivity index (χ1) is 15.0. The van der Waals surface area contributed by atoms with Crippen LogP contribution < -0.4 is 19.6 Å². The highest BCUT2D eigenvalue weighted by atomic mass is 127. The zero-order valence-electron chi connectivity index (χ0n) is 16.8. The molecule has 1 N–H and O–H groups in total. The molecule has 3 rings (SSSR count). The second-order valence-corrected chi connectivity index (χ2v) is 7.37. The SMILES string of the molecule is COc1ccc(C(=O)N/N=C\c2ccc(OC(=O)c3ccccc3I)cc2)cc1OC. The Hall–Kier alpha value is -3.40. The minimum Gasteiger partial charge on any atom is -0.493 e. The van der Waals surface area contributed by atoms with Gasteiger partial charge in [0.05, 0.1) is 26.0 Å². The van der Waals surface area contributed by atoms with Gasteiger partial charge in [0.2, 0.25) is 0 Å². The normalized spacial score (nSPS) is 10.5. The maximum absolute atomic E-state index is 12.3. The highest BCUT2D eigenvalue weighted by Crippen LogP contribution is 2.27. The first kappa shape index (κ1) is 22.3. The predicted molar refractivity (Wildman–Crippen MR) is 125 cm³/mol. The number of methoxy groups -OCH3 is 2. The Morgan fingerprint density at radius 3 is 2.32 bits per heavy atom. The Labute approximate surface area is 193 Å². The molecule has 0 unspecified atom stereocenters. The first-order valence-electron chi connectivity index (χ1n) is 9.14. The van der Waals surface area contributed by atoms with Crippen LogP contribution in [-0.2, 0) is 0 Å². The number of carbonyl (C=O) groups excluding carboxylic acids is 2. The lowest BCUT2D eigenvalue weighted by Crippen LogP contribution is -2.17. The van der Waals surface area contributed by atoms with Crippen LogP contribution in [0.4, 0.5) is 0 Å². The summed E-state index contributed by atoms with van der Waals surface area (Å²) in [4.78, 5) is 24.5. The number of rotatable bonds is 7. The summed E-state index contributed by atoms with van der Waals surface area (Å²) >= 11 is 2.09. The van der Waals surface area contributed by atoms with Crippen LogP contribution in [0.2, 0.25) is 0 Å². The number of benzene rings is 3. The minimum atomic E-state index is -0.423. The third-order valence-corrected chi connectivity index (χ3v) is 5.15. The number of esters is 1. The van der Waals surface area contributed by atoms with E-state index in [1.807, 2.05) is 12.1 Å². The molecule has 1 amide bonds. The van der Waals surface area contributed by atoms with Gasteiger partial charge in [0, 0.05) is 9.13 Å². The Bertz CT molecular complexity index is 1110. The molecule has 0 aliphatic carbocycles. The van der Waals surface area contributed by atoms with Crippen molar-refractivity contribution in [2.24, 2.45) is 5.10 Å². The van der Waals surface area contributed by atoms with Gasteiger partial charge in [-0.1, -0.05) is 12.1 Å². The fourth-order valence-electron chi connectivity index (χ4n) is 2.62. The molecule has 0 spiro atoms. The van der Waals surface area contributed by atoms with Crippen molar-refractivity contribution in [2.45, 2.75) is 0 Å². The molecular weight excluding hydrogens is 511 g/mol. The van der Waals surface area contributed by atoms with Gasteiger partial charge in [0.25, 0.3) is 5.91 Å². The predicted octanol–water partition coefficient (Wildman–Crippen LogP) is 4.29. The maximum atomic E-state index is 12.3. The Kier molecular flexibility index (Phi) is 7.60. The zero-order valence-corrected chi connectivity index (χ0v) is 19.0. The van der Waals surface area contributed by atoms with E-state index in [-0.39, 0.29) is 5.91 Å². The van der Waals surface area contributed by atoms with Gasteiger partial charge in [-0.25, -0.2) is 10.2 Å². The van der Waals surface area contributed by atoms with Gasteiger partial charge in [-0.15, -0.1) is 0 Å². The van der Waals surface area contributed by atoms with Gasteiger partial charge in [-0.3, -0.25) is 4.79 Å². The molecule has 0 saturated carbocycles. The molecule has 0 heterocycles. The number of nitrogens with one attached hydrogen (secondary N) is 1. The fourth-order valence-corrected chi connectivity index (χ4v) is 3.23. The second-order valence-electron chi connectivity index (χ2n) is 6.21. The summed E-state index contributed by atoms with van der Waals surface area (Å²) in [5.74, 6) is 0.588. The van der Waals surface area contributed by atoms with Crippen LogP contribution in [-0.4, -0.2) is 32.3 Å². The van der Waals surface area contributed by atoms with Crippen LogP contribution in [0.15, 0.2) is 71.8 Å². The average Bonchev–Trinajstić information content (AvgIpc) is 2.79. The van der Waals surface area contributed by atoms with E-state index < -0.39 is 5.97 Å². The Morgan fingerprint density at radius 1 is 0.935 bits per heavy atom. The van der Waals surface area contributed by atoms with Gasteiger partial charge in [0.1, 0.15) is 5.75 Å². The molecule has 0 fully saturated rings. The van der Waals surface area contributed by atoms with Crippen LogP contribution in [0.25, 0.3) is 0 Å². The largest absolute Gasteiger partial charge is 0.493 e. The van der Waals surface area contributed by atoms with E-state index in [1.54, 1.807) is 54.6 Å². The molecule has 0 saturated heterocycles. The van der Waals surface area contributed by atoms with Crippen LogP contribution >= 0.6 is 22.6 Å². The van der Waals surface area contributed by atoms with Crippen molar-refractivity contribution in [3.63, 3.8) is 0 Å². The van der Waals surface area contributed by atoms with Gasteiger partial charge in [-0.05, 0) is 82.8 Å². The fraction of sp³-hybridized carbons (Fsp3) is 0.0870. The Morgan fingerprint density at radius 2 is 1.65 bits per heavy atom. The molecule has 0 aromatic heterocycles. The van der Waals surface area contributed by atoms with E-state index >= 15 is 0 Å². The lowest BCUT2D eigenvalue weighted by atomic mass is 10.2. The zero-order chi connectivity index (χ0) is 22.2. The number of hydrazone groups is 1. The van der Waals surface area contributed by atoms with Crippen molar-refractivity contribution in [1.29, 1.82) is 0 Å². The third-order valence-electron chi connectivity index (χ3n) is 4.21. The van der Waals surface area contributed by atoms with Crippen LogP contribution in [0.1, 0.15) is 26.3 Å². The van der Waals surface area contributed by atoms with E-state index in [0.717, 1.165) is 9.13 Å². The molecule has 0 aliphatic rings. The van der Waals surface area contributed by atoms with Gasteiger partial charge in [-0.2, -0.15) is 5.10 Å². The summed E-state index contributed by atoms with van der Waals surface area (Å²) in [7, 11) is 3.02. The summed E-state index contributed by atoms with van der Waals surface area (Å²) < 4.78 is 16.6. The topological polar surface area (TPSA) is 86.2 Å². The summed E-state index contributed by atoms with van der Waals surface area (Å²) in [6.07, 6.45) is 1.49. The summed E-state index contributed by atoms with van der Waals surface area (Å²) in [6.45, 7) is 0. The van der Waals surface area contributed by atoms with Crippen LogP contribution in [0.5, 0.6) is 17.2 Å². The summed E-state index contributed by atoms with van der Waals surface area (Å²) in [5.41, 5.74) is 4.07. The monoisotopic (exact) mass is 530 g/mol.